The first-order chi connectivity index (χ1) is 10.9. The van der Waals surface area contributed by atoms with Gasteiger partial charge in [0.2, 0.25) is 5.91 Å². The molecule has 23 heavy (non-hydrogen) atoms. The normalized spacial score (nSPS) is 19.8. The quantitative estimate of drug-likeness (QED) is 0.876. The second kappa shape index (κ2) is 7.93. The zero-order valence-electron chi connectivity index (χ0n) is 14.8. The van der Waals surface area contributed by atoms with Gasteiger partial charge < -0.3 is 10.1 Å². The SMILES string of the molecule is CC(C)CN1CCO[C@H](CNC(=O)C(C)(C)c2ccccc2)C1. The van der Waals surface area contributed by atoms with Crippen molar-refractivity contribution in [2.75, 3.05) is 32.8 Å². The lowest BCUT2D eigenvalue weighted by molar-refractivity contribution is -0.126. The molecule has 0 spiro atoms. The summed E-state index contributed by atoms with van der Waals surface area (Å²) in [6, 6.07) is 9.91. The summed E-state index contributed by atoms with van der Waals surface area (Å²) >= 11 is 0. The van der Waals surface area contributed by atoms with E-state index in [0.717, 1.165) is 31.8 Å². The van der Waals surface area contributed by atoms with E-state index < -0.39 is 5.41 Å². The van der Waals surface area contributed by atoms with E-state index >= 15 is 0 Å². The number of nitrogens with one attached hydrogen (secondary N) is 1. The molecule has 1 aliphatic heterocycles. The largest absolute Gasteiger partial charge is 0.374 e. The molecule has 0 radical (unpaired) electrons. The summed E-state index contributed by atoms with van der Waals surface area (Å²) in [6.45, 7) is 12.7. The van der Waals surface area contributed by atoms with Gasteiger partial charge in [-0.15, -0.1) is 0 Å². The smallest absolute Gasteiger partial charge is 0.230 e. The lowest BCUT2D eigenvalue weighted by Gasteiger charge is -2.34. The molecule has 4 nitrogen and oxygen atoms in total. The number of rotatable bonds is 6. The van der Waals surface area contributed by atoms with Crippen molar-refractivity contribution in [3.8, 4) is 0 Å². The lowest BCUT2D eigenvalue weighted by atomic mass is 9.84. The van der Waals surface area contributed by atoms with E-state index in [-0.39, 0.29) is 12.0 Å². The topological polar surface area (TPSA) is 41.6 Å². The Kier molecular flexibility index (Phi) is 6.19. The lowest BCUT2D eigenvalue weighted by Crippen LogP contribution is -2.50. The van der Waals surface area contributed by atoms with Gasteiger partial charge in [0.05, 0.1) is 18.1 Å². The molecule has 1 aromatic carbocycles. The van der Waals surface area contributed by atoms with Gasteiger partial charge in [-0.3, -0.25) is 9.69 Å². The predicted octanol–water partition coefficient (Wildman–Crippen LogP) is 2.44. The third-order valence-electron chi connectivity index (χ3n) is 4.40. The van der Waals surface area contributed by atoms with Crippen molar-refractivity contribution in [2.24, 2.45) is 5.92 Å². The Morgan fingerprint density at radius 2 is 2.04 bits per heavy atom. The average Bonchev–Trinajstić information content (AvgIpc) is 2.53. The van der Waals surface area contributed by atoms with Gasteiger partial charge >= 0.3 is 0 Å². The second-order valence-corrected chi connectivity index (χ2v) is 7.35. The molecule has 4 heteroatoms. The Labute approximate surface area is 140 Å². The van der Waals surface area contributed by atoms with Crippen LogP contribution < -0.4 is 5.32 Å². The Bertz CT molecular complexity index is 499. The summed E-state index contributed by atoms with van der Waals surface area (Å²) in [7, 11) is 0. The van der Waals surface area contributed by atoms with E-state index in [0.29, 0.717) is 12.5 Å². The summed E-state index contributed by atoms with van der Waals surface area (Å²) < 4.78 is 5.80. The highest BCUT2D eigenvalue weighted by Crippen LogP contribution is 2.23. The fourth-order valence-electron chi connectivity index (χ4n) is 3.00. The van der Waals surface area contributed by atoms with Crippen molar-refractivity contribution >= 4 is 5.91 Å². The summed E-state index contributed by atoms with van der Waals surface area (Å²) in [5.41, 5.74) is 0.497. The molecule has 0 aromatic heterocycles. The van der Waals surface area contributed by atoms with Gasteiger partial charge in [-0.05, 0) is 25.3 Å². The molecule has 1 saturated heterocycles. The molecule has 1 N–H and O–H groups in total. The van der Waals surface area contributed by atoms with Crippen LogP contribution in [0.4, 0.5) is 0 Å². The highest BCUT2D eigenvalue weighted by atomic mass is 16.5. The van der Waals surface area contributed by atoms with Crippen molar-refractivity contribution in [1.82, 2.24) is 10.2 Å². The van der Waals surface area contributed by atoms with Crippen molar-refractivity contribution in [1.29, 1.82) is 0 Å². The number of nitrogens with zero attached hydrogens (tertiary/aromatic N) is 1. The van der Waals surface area contributed by atoms with Crippen LogP contribution in [-0.2, 0) is 14.9 Å². The Hall–Kier alpha value is -1.39. The van der Waals surface area contributed by atoms with E-state index in [1.54, 1.807) is 0 Å². The molecule has 1 heterocycles. The number of morpholine rings is 1. The highest BCUT2D eigenvalue weighted by molar-refractivity contribution is 5.87. The molecule has 1 fully saturated rings. The summed E-state index contributed by atoms with van der Waals surface area (Å²) in [5.74, 6) is 0.702. The summed E-state index contributed by atoms with van der Waals surface area (Å²) in [5, 5.41) is 3.07. The molecule has 1 aromatic rings. The monoisotopic (exact) mass is 318 g/mol. The van der Waals surface area contributed by atoms with Gasteiger partial charge in [0.25, 0.3) is 0 Å². The van der Waals surface area contributed by atoms with Gasteiger partial charge in [-0.25, -0.2) is 0 Å². The number of carbonyl (C=O) groups is 1. The van der Waals surface area contributed by atoms with Crippen molar-refractivity contribution in [3.63, 3.8) is 0 Å². The fourth-order valence-corrected chi connectivity index (χ4v) is 3.00. The Balaban J connectivity index is 1.86. The fraction of sp³-hybridized carbons (Fsp3) is 0.632. The van der Waals surface area contributed by atoms with Crippen LogP contribution in [0.25, 0.3) is 0 Å². The number of amides is 1. The minimum atomic E-state index is -0.534. The van der Waals surface area contributed by atoms with Crippen molar-refractivity contribution in [2.45, 2.75) is 39.2 Å². The maximum absolute atomic E-state index is 12.6. The van der Waals surface area contributed by atoms with Gasteiger partial charge in [-0.2, -0.15) is 0 Å². The Morgan fingerprint density at radius 3 is 2.70 bits per heavy atom. The van der Waals surface area contributed by atoms with Gasteiger partial charge in [-0.1, -0.05) is 44.2 Å². The summed E-state index contributed by atoms with van der Waals surface area (Å²) in [6.07, 6.45) is 0.0815. The number of benzene rings is 1. The summed E-state index contributed by atoms with van der Waals surface area (Å²) in [4.78, 5) is 15.0. The first-order valence-electron chi connectivity index (χ1n) is 8.57. The first-order valence-corrected chi connectivity index (χ1v) is 8.57. The van der Waals surface area contributed by atoms with Crippen LogP contribution in [0.3, 0.4) is 0 Å². The number of carbonyl (C=O) groups excluding carboxylic acids is 1. The zero-order valence-corrected chi connectivity index (χ0v) is 14.8. The molecule has 1 atom stereocenters. The maximum atomic E-state index is 12.6. The average molecular weight is 318 g/mol. The van der Waals surface area contributed by atoms with Crippen LogP contribution >= 0.6 is 0 Å². The van der Waals surface area contributed by atoms with Gasteiger partial charge in [0.1, 0.15) is 0 Å². The molecule has 0 aliphatic carbocycles. The number of hydrogen-bond donors (Lipinski definition) is 1. The van der Waals surface area contributed by atoms with Crippen LogP contribution in [0, 0.1) is 5.92 Å². The molecule has 0 bridgehead atoms. The molecular weight excluding hydrogens is 288 g/mol. The minimum Gasteiger partial charge on any atom is -0.374 e. The third-order valence-corrected chi connectivity index (χ3v) is 4.40. The molecule has 0 saturated carbocycles. The highest BCUT2D eigenvalue weighted by Gasteiger charge is 2.30. The third kappa shape index (κ3) is 5.05. The molecule has 0 unspecified atom stereocenters. The zero-order chi connectivity index (χ0) is 16.9. The van der Waals surface area contributed by atoms with Crippen LogP contribution in [0.15, 0.2) is 30.3 Å². The predicted molar refractivity (Wildman–Crippen MR) is 93.5 cm³/mol. The van der Waals surface area contributed by atoms with Crippen LogP contribution in [0.1, 0.15) is 33.3 Å². The number of ether oxygens (including phenoxy) is 1. The van der Waals surface area contributed by atoms with E-state index in [2.05, 4.69) is 24.1 Å². The van der Waals surface area contributed by atoms with E-state index in [4.69, 9.17) is 4.74 Å². The molecule has 1 amide bonds. The van der Waals surface area contributed by atoms with E-state index in [9.17, 15) is 4.79 Å². The molecular formula is C19H30N2O2. The van der Waals surface area contributed by atoms with Crippen LogP contribution in [0.2, 0.25) is 0 Å². The Morgan fingerprint density at radius 1 is 1.35 bits per heavy atom. The van der Waals surface area contributed by atoms with Crippen LogP contribution in [0.5, 0.6) is 0 Å². The maximum Gasteiger partial charge on any atom is 0.230 e. The van der Waals surface area contributed by atoms with Crippen LogP contribution in [-0.4, -0.2) is 49.7 Å². The van der Waals surface area contributed by atoms with E-state index in [1.807, 2.05) is 44.2 Å². The van der Waals surface area contributed by atoms with E-state index in [1.165, 1.54) is 0 Å². The number of hydrogen-bond acceptors (Lipinski definition) is 3. The van der Waals surface area contributed by atoms with Gasteiger partial charge in [0.15, 0.2) is 0 Å². The van der Waals surface area contributed by atoms with Gasteiger partial charge in [0, 0.05) is 26.2 Å². The van der Waals surface area contributed by atoms with Crippen molar-refractivity contribution < 1.29 is 9.53 Å². The molecule has 1 aliphatic rings. The first kappa shape index (κ1) is 18.0. The molecule has 128 valence electrons. The minimum absolute atomic E-state index is 0.0493. The second-order valence-electron chi connectivity index (χ2n) is 7.35. The standard InChI is InChI=1S/C19H30N2O2/c1-15(2)13-21-10-11-23-17(14-21)12-20-18(22)19(3,4)16-8-6-5-7-9-16/h5-9,15,17H,10-14H2,1-4H3,(H,20,22)/t17-/m1/s1. The molecule has 2 rings (SSSR count). The van der Waals surface area contributed by atoms with Crippen molar-refractivity contribution in [3.05, 3.63) is 35.9 Å².